The van der Waals surface area contributed by atoms with E-state index in [1.54, 1.807) is 23.3 Å². The highest BCUT2D eigenvalue weighted by Crippen LogP contribution is 2.41. The van der Waals surface area contributed by atoms with Gasteiger partial charge in [0.25, 0.3) is 25.8 Å². The first kappa shape index (κ1) is 56.6. The molecule has 0 radical (unpaired) electrons. The van der Waals surface area contributed by atoms with Crippen LogP contribution < -0.4 is 20.7 Å². The number of nitrogens with two attached hydrogens (primary N) is 1. The van der Waals surface area contributed by atoms with E-state index in [2.05, 4.69) is 47.4 Å². The minimum Gasteiger partial charge on any atom is -0.380 e. The van der Waals surface area contributed by atoms with Crippen molar-refractivity contribution in [2.24, 2.45) is 11.1 Å². The lowest BCUT2D eigenvalue weighted by Gasteiger charge is -2.39. The summed E-state index contributed by atoms with van der Waals surface area (Å²) in [6.07, 6.45) is 11.9. The minimum absolute atomic E-state index is 0.00243. The standard InChI is InChI=1S/C52H73F3N6O6S3/c1-39(2)18-19-41-36-51(3,4)28-26-42(41)37-60-31-33-61(34-32-60)44-22-20-40(21-23-44)50(63)58-70(66,67)46-24-25-47(48(35-46)69(64,65)52(53,54)55)57-43(38-68-45-15-11-10-12-16-45)27-30-59(5)29-14-9-7-6-8-13-17-49(56)62/h10-12,15-16,20-25,35,43,57H,1,6-9,13-14,17-19,26-34,36-38H2,2-5H3,(H2,56,62)(H,58,63)/t43-/m1/s1. The van der Waals surface area contributed by atoms with E-state index >= 15 is 0 Å². The summed E-state index contributed by atoms with van der Waals surface area (Å²) in [4.78, 5) is 30.0. The molecule has 5 rings (SSSR count). The second-order valence-electron chi connectivity index (χ2n) is 19.8. The zero-order valence-electron chi connectivity index (χ0n) is 41.3. The monoisotopic (exact) mass is 1030 g/mol. The number of sulfone groups is 1. The number of unbranched alkanes of at least 4 members (excludes halogenated alkanes) is 5. The molecule has 1 aliphatic heterocycles. The van der Waals surface area contributed by atoms with Crippen molar-refractivity contribution in [3.8, 4) is 0 Å². The molecule has 4 N–H and O–H groups in total. The van der Waals surface area contributed by atoms with Crippen LogP contribution in [0.4, 0.5) is 24.5 Å². The van der Waals surface area contributed by atoms with Gasteiger partial charge in [-0.15, -0.1) is 18.3 Å². The summed E-state index contributed by atoms with van der Waals surface area (Å²) in [5.74, 6) is -0.962. The van der Waals surface area contributed by atoms with Gasteiger partial charge in [0.1, 0.15) is 4.90 Å². The Morgan fingerprint density at radius 2 is 1.53 bits per heavy atom. The molecular formula is C52H73F3N6O6S3. The fourth-order valence-corrected chi connectivity index (χ4v) is 11.9. The van der Waals surface area contributed by atoms with Crippen LogP contribution in [0.2, 0.25) is 0 Å². The summed E-state index contributed by atoms with van der Waals surface area (Å²) in [6.45, 7) is 16.4. The fourth-order valence-electron chi connectivity index (χ4n) is 8.92. The first-order valence-corrected chi connectivity index (χ1v) is 28.3. The summed E-state index contributed by atoms with van der Waals surface area (Å²) >= 11 is 1.45. The third kappa shape index (κ3) is 17.4. The zero-order chi connectivity index (χ0) is 51.1. The summed E-state index contributed by atoms with van der Waals surface area (Å²) in [5, 5.41) is 3.01. The normalized spacial score (nSPS) is 16.3. The first-order valence-electron chi connectivity index (χ1n) is 24.4. The highest BCUT2D eigenvalue weighted by atomic mass is 32.2. The maximum Gasteiger partial charge on any atom is 0.501 e. The van der Waals surface area contributed by atoms with E-state index in [0.717, 1.165) is 126 Å². The maximum absolute atomic E-state index is 14.3. The number of nitrogens with zero attached hydrogens (tertiary/aromatic N) is 3. The van der Waals surface area contributed by atoms with Crippen molar-refractivity contribution in [3.63, 3.8) is 0 Å². The van der Waals surface area contributed by atoms with Gasteiger partial charge in [-0.1, -0.05) is 74.4 Å². The Kier molecular flexibility index (Phi) is 20.9. The van der Waals surface area contributed by atoms with Crippen LogP contribution in [0.3, 0.4) is 0 Å². The summed E-state index contributed by atoms with van der Waals surface area (Å²) in [5.41, 5.74) is 4.53. The molecule has 1 aliphatic carbocycles. The Morgan fingerprint density at radius 3 is 2.17 bits per heavy atom. The number of halogens is 3. The minimum atomic E-state index is -6.07. The molecule has 70 heavy (non-hydrogen) atoms. The van der Waals surface area contributed by atoms with Crippen LogP contribution in [-0.4, -0.2) is 109 Å². The number of benzene rings is 3. The smallest absolute Gasteiger partial charge is 0.380 e. The molecule has 1 heterocycles. The number of carbonyl (C=O) groups excluding carboxylic acids is 2. The summed E-state index contributed by atoms with van der Waals surface area (Å²) in [7, 11) is -8.98. The molecule has 386 valence electrons. The average Bonchev–Trinajstić information content (AvgIpc) is 3.30. The number of nitrogens with one attached hydrogen (secondary N) is 2. The van der Waals surface area contributed by atoms with Gasteiger partial charge in [-0.05, 0) is 138 Å². The number of rotatable bonds is 27. The van der Waals surface area contributed by atoms with Crippen molar-refractivity contribution in [2.45, 2.75) is 130 Å². The molecule has 1 atom stereocenters. The Labute approximate surface area is 419 Å². The number of alkyl halides is 3. The number of piperazine rings is 1. The van der Waals surface area contributed by atoms with Crippen molar-refractivity contribution >= 4 is 54.8 Å². The highest BCUT2D eigenvalue weighted by molar-refractivity contribution is 7.99. The van der Waals surface area contributed by atoms with Crippen molar-refractivity contribution in [3.05, 3.63) is 102 Å². The van der Waals surface area contributed by atoms with E-state index in [1.807, 2.05) is 42.1 Å². The molecule has 12 nitrogen and oxygen atoms in total. The number of allylic oxidation sites excluding steroid dienone is 2. The van der Waals surface area contributed by atoms with Gasteiger partial charge in [-0.2, -0.15) is 13.2 Å². The van der Waals surface area contributed by atoms with Crippen molar-refractivity contribution < 1.29 is 39.6 Å². The highest BCUT2D eigenvalue weighted by Gasteiger charge is 2.48. The second-order valence-corrected chi connectivity index (χ2v) is 24.4. The molecule has 0 saturated carbocycles. The lowest BCUT2D eigenvalue weighted by atomic mass is 9.73. The molecule has 0 spiro atoms. The van der Waals surface area contributed by atoms with Gasteiger partial charge in [-0.25, -0.2) is 21.6 Å². The number of thioether (sulfide) groups is 1. The number of primary amides is 1. The number of hydrogen-bond donors (Lipinski definition) is 3. The lowest BCUT2D eigenvalue weighted by molar-refractivity contribution is -0.118. The predicted octanol–water partition coefficient (Wildman–Crippen LogP) is 10.2. The predicted molar refractivity (Wildman–Crippen MR) is 276 cm³/mol. The Bertz CT molecular complexity index is 2480. The van der Waals surface area contributed by atoms with Gasteiger partial charge in [0.15, 0.2) is 0 Å². The van der Waals surface area contributed by atoms with Gasteiger partial charge in [0, 0.05) is 67.1 Å². The van der Waals surface area contributed by atoms with E-state index in [-0.39, 0.29) is 11.5 Å². The van der Waals surface area contributed by atoms with Crippen LogP contribution in [-0.2, 0) is 24.7 Å². The van der Waals surface area contributed by atoms with E-state index in [1.165, 1.54) is 35.9 Å². The Hall–Kier alpha value is -4.36. The molecule has 1 fully saturated rings. The number of sulfonamides is 1. The quantitative estimate of drug-likeness (QED) is 0.0379. The molecule has 2 aliphatic rings. The SMILES string of the molecule is C=C(C)CCC1=C(CN2CCN(c3ccc(C(=O)NS(=O)(=O)c4ccc(N[C@H](CCN(C)CCCCCCCCC(N)=O)CSc5ccccc5)c(S(=O)(=O)C(F)(F)F)c4)cc3)CC2)CCC(C)(C)C1. The first-order chi connectivity index (χ1) is 33.0. The van der Waals surface area contributed by atoms with Crippen molar-refractivity contribution in [1.82, 2.24) is 14.5 Å². The molecule has 2 amide bonds. The van der Waals surface area contributed by atoms with Crippen molar-refractivity contribution in [2.75, 3.05) is 68.8 Å². The summed E-state index contributed by atoms with van der Waals surface area (Å²) < 4.78 is 98.3. The van der Waals surface area contributed by atoms with Crippen LogP contribution >= 0.6 is 11.8 Å². The Morgan fingerprint density at radius 1 is 0.871 bits per heavy atom. The number of anilines is 2. The largest absolute Gasteiger partial charge is 0.501 e. The van der Waals surface area contributed by atoms with E-state index in [9.17, 15) is 39.6 Å². The molecule has 1 saturated heterocycles. The van der Waals surface area contributed by atoms with E-state index in [4.69, 9.17) is 5.73 Å². The molecule has 3 aromatic carbocycles. The number of amides is 2. The second kappa shape index (κ2) is 25.8. The third-order valence-corrected chi connectivity index (χ3v) is 17.2. The van der Waals surface area contributed by atoms with Gasteiger partial charge in [0.05, 0.1) is 10.6 Å². The third-order valence-electron chi connectivity index (χ3n) is 13.1. The van der Waals surface area contributed by atoms with Crippen LogP contribution in [0, 0.1) is 5.41 Å². The Balaban J connectivity index is 1.23. The van der Waals surface area contributed by atoms with Gasteiger partial charge < -0.3 is 20.9 Å². The van der Waals surface area contributed by atoms with E-state index in [0.29, 0.717) is 36.6 Å². The molecule has 0 bridgehead atoms. The van der Waals surface area contributed by atoms with Gasteiger partial charge in [-0.3, -0.25) is 14.5 Å². The fraction of sp³-hybridized carbons (Fsp3) is 0.538. The van der Waals surface area contributed by atoms with Crippen LogP contribution in [0.5, 0.6) is 0 Å². The van der Waals surface area contributed by atoms with Gasteiger partial charge in [0.2, 0.25) is 5.91 Å². The van der Waals surface area contributed by atoms with Crippen LogP contribution in [0.15, 0.2) is 111 Å². The molecular weight excluding hydrogens is 958 g/mol. The zero-order valence-corrected chi connectivity index (χ0v) is 43.7. The molecule has 0 aromatic heterocycles. The number of hydrogen-bond acceptors (Lipinski definition) is 11. The topological polar surface area (TPSA) is 162 Å². The molecule has 18 heteroatoms. The van der Waals surface area contributed by atoms with Gasteiger partial charge >= 0.3 is 5.51 Å². The summed E-state index contributed by atoms with van der Waals surface area (Å²) in [6, 6.07) is 17.7. The van der Waals surface area contributed by atoms with Crippen LogP contribution in [0.25, 0.3) is 0 Å². The number of carbonyl (C=O) groups is 2. The lowest BCUT2D eigenvalue weighted by Crippen LogP contribution is -2.47. The molecule has 0 unspecified atom stereocenters. The maximum atomic E-state index is 14.3. The van der Waals surface area contributed by atoms with E-state index < -0.39 is 52.8 Å². The molecule has 3 aromatic rings. The van der Waals surface area contributed by atoms with Crippen molar-refractivity contribution in [1.29, 1.82) is 0 Å². The average molecular weight is 1030 g/mol. The van der Waals surface area contributed by atoms with Crippen LogP contribution in [0.1, 0.15) is 115 Å².